The highest BCUT2D eigenvalue weighted by Gasteiger charge is 2.15. The largest absolute Gasteiger partial charge is 0.274 e. The van der Waals surface area contributed by atoms with E-state index in [9.17, 15) is 9.59 Å². The van der Waals surface area contributed by atoms with Crippen LogP contribution >= 0.6 is 46.4 Å². The maximum atomic E-state index is 12.2. The van der Waals surface area contributed by atoms with Crippen molar-refractivity contribution in [1.82, 2.24) is 30.8 Å². The van der Waals surface area contributed by atoms with Gasteiger partial charge in [0.2, 0.25) is 5.28 Å². The lowest BCUT2D eigenvalue weighted by molar-refractivity contribution is 0.0846. The number of amides is 2. The number of aromatic nitrogens is 4. The Hall–Kier alpha value is -2.26. The average Bonchev–Trinajstić information content (AvgIpc) is 2.60. The van der Waals surface area contributed by atoms with Gasteiger partial charge in [-0.3, -0.25) is 20.4 Å². The first kappa shape index (κ1) is 18.5. The van der Waals surface area contributed by atoms with Crippen molar-refractivity contribution in [2.75, 3.05) is 0 Å². The summed E-state index contributed by atoms with van der Waals surface area (Å²) < 4.78 is 0. The molecule has 0 aliphatic carbocycles. The zero-order valence-corrected chi connectivity index (χ0v) is 15.5. The van der Waals surface area contributed by atoms with Gasteiger partial charge in [0.1, 0.15) is 5.15 Å². The molecule has 2 heterocycles. The van der Waals surface area contributed by atoms with E-state index in [0.29, 0.717) is 11.0 Å². The van der Waals surface area contributed by atoms with Crippen LogP contribution in [0.15, 0.2) is 24.4 Å². The van der Waals surface area contributed by atoms with E-state index in [4.69, 9.17) is 46.4 Å². The maximum Gasteiger partial charge on any atom is 0.274 e. The normalized spacial score (nSPS) is 10.6. The van der Waals surface area contributed by atoms with Gasteiger partial charge in [-0.15, -0.1) is 0 Å². The summed E-state index contributed by atoms with van der Waals surface area (Å²) >= 11 is 23.0. The molecule has 2 aromatic heterocycles. The van der Waals surface area contributed by atoms with E-state index in [0.717, 1.165) is 6.20 Å². The van der Waals surface area contributed by atoms with Gasteiger partial charge in [0, 0.05) is 11.8 Å². The van der Waals surface area contributed by atoms with Crippen LogP contribution in [0.5, 0.6) is 0 Å². The zero-order chi connectivity index (χ0) is 18.8. The smallest absolute Gasteiger partial charge is 0.267 e. The fourth-order valence-electron chi connectivity index (χ4n) is 1.90. The Kier molecular flexibility index (Phi) is 5.38. The number of hydrazine groups is 1. The second-order valence-corrected chi connectivity index (χ2v) is 6.17. The predicted molar refractivity (Wildman–Crippen MR) is 96.5 cm³/mol. The molecule has 132 valence electrons. The minimum Gasteiger partial charge on any atom is -0.267 e. The third kappa shape index (κ3) is 3.94. The van der Waals surface area contributed by atoms with E-state index in [1.807, 2.05) is 0 Å². The topological polar surface area (TPSA) is 110 Å². The van der Waals surface area contributed by atoms with Gasteiger partial charge < -0.3 is 0 Å². The van der Waals surface area contributed by atoms with E-state index >= 15 is 0 Å². The number of rotatable bonds is 2. The van der Waals surface area contributed by atoms with Crippen molar-refractivity contribution in [3.63, 3.8) is 0 Å². The van der Waals surface area contributed by atoms with E-state index in [-0.39, 0.29) is 31.9 Å². The van der Waals surface area contributed by atoms with Crippen LogP contribution < -0.4 is 10.9 Å². The molecular formula is C14H6Cl4N6O2. The van der Waals surface area contributed by atoms with E-state index in [1.54, 1.807) is 6.07 Å². The molecule has 26 heavy (non-hydrogen) atoms. The molecule has 0 aliphatic rings. The highest BCUT2D eigenvalue weighted by Crippen LogP contribution is 2.21. The average molecular weight is 432 g/mol. The number of nitrogens with one attached hydrogen (secondary N) is 2. The van der Waals surface area contributed by atoms with Gasteiger partial charge in [-0.2, -0.15) is 0 Å². The first-order valence-electron chi connectivity index (χ1n) is 6.76. The number of carbonyl (C=O) groups is 2. The van der Waals surface area contributed by atoms with E-state index in [1.165, 1.54) is 12.1 Å². The first-order chi connectivity index (χ1) is 12.3. The highest BCUT2D eigenvalue weighted by molar-refractivity contribution is 6.40. The molecule has 2 amide bonds. The molecule has 0 saturated carbocycles. The molecule has 0 saturated heterocycles. The predicted octanol–water partition coefficient (Wildman–Crippen LogP) is 3.11. The van der Waals surface area contributed by atoms with Crippen molar-refractivity contribution in [1.29, 1.82) is 0 Å². The SMILES string of the molecule is O=C(NNC(=O)c1cnc(Cl)nc1Cl)c1ccc2nc(Cl)c(Cl)nc2c1. The fraction of sp³-hybridized carbons (Fsp3) is 0. The molecule has 0 unspecified atom stereocenters. The summed E-state index contributed by atoms with van der Waals surface area (Å²) in [5.74, 6) is -1.31. The van der Waals surface area contributed by atoms with Gasteiger partial charge in [0.25, 0.3) is 11.8 Å². The van der Waals surface area contributed by atoms with Gasteiger partial charge in [0.15, 0.2) is 10.3 Å². The molecule has 8 nitrogen and oxygen atoms in total. The Bertz CT molecular complexity index is 1050. The quantitative estimate of drug-likeness (QED) is 0.366. The number of benzene rings is 1. The Balaban J connectivity index is 1.74. The van der Waals surface area contributed by atoms with E-state index in [2.05, 4.69) is 30.8 Å². The van der Waals surface area contributed by atoms with Gasteiger partial charge in [0.05, 0.1) is 16.6 Å². The summed E-state index contributed by atoms with van der Waals surface area (Å²) in [6, 6.07) is 4.48. The molecule has 0 fully saturated rings. The van der Waals surface area contributed by atoms with Crippen LogP contribution in [0, 0.1) is 0 Å². The number of fused-ring (bicyclic) bond motifs is 1. The van der Waals surface area contributed by atoms with Gasteiger partial charge in [-0.1, -0.05) is 34.8 Å². The molecule has 3 aromatic rings. The molecule has 2 N–H and O–H groups in total. The van der Waals surface area contributed by atoms with Gasteiger partial charge in [-0.25, -0.2) is 19.9 Å². The van der Waals surface area contributed by atoms with Crippen molar-refractivity contribution >= 4 is 69.3 Å². The fourth-order valence-corrected chi connectivity index (χ4v) is 2.56. The number of carbonyl (C=O) groups excluding carboxylic acids is 2. The second kappa shape index (κ2) is 7.55. The summed E-state index contributed by atoms with van der Waals surface area (Å²) in [6.07, 6.45) is 1.14. The molecule has 1 aromatic carbocycles. The minimum absolute atomic E-state index is 0.0161. The van der Waals surface area contributed by atoms with Crippen molar-refractivity contribution in [2.24, 2.45) is 0 Å². The molecular weight excluding hydrogens is 426 g/mol. The third-order valence-electron chi connectivity index (χ3n) is 3.09. The number of nitrogens with zero attached hydrogens (tertiary/aromatic N) is 4. The van der Waals surface area contributed by atoms with Crippen molar-refractivity contribution in [3.05, 3.63) is 56.3 Å². The van der Waals surface area contributed by atoms with Crippen molar-refractivity contribution < 1.29 is 9.59 Å². The Labute approximate surface area is 165 Å². The van der Waals surface area contributed by atoms with Crippen molar-refractivity contribution in [2.45, 2.75) is 0 Å². The lowest BCUT2D eigenvalue weighted by atomic mass is 10.2. The summed E-state index contributed by atoms with van der Waals surface area (Å²) in [5, 5.41) is -0.177. The second-order valence-electron chi connectivity index (χ2n) is 4.76. The monoisotopic (exact) mass is 430 g/mol. The third-order valence-corrected chi connectivity index (χ3v) is 4.19. The molecule has 0 bridgehead atoms. The molecule has 0 spiro atoms. The summed E-state index contributed by atoms with van der Waals surface area (Å²) in [4.78, 5) is 39.6. The zero-order valence-electron chi connectivity index (χ0n) is 12.4. The highest BCUT2D eigenvalue weighted by atomic mass is 35.5. The van der Waals surface area contributed by atoms with E-state index < -0.39 is 11.8 Å². The van der Waals surface area contributed by atoms with Gasteiger partial charge in [-0.05, 0) is 29.8 Å². The Morgan fingerprint density at radius 3 is 2.15 bits per heavy atom. The molecule has 0 radical (unpaired) electrons. The van der Waals surface area contributed by atoms with Crippen LogP contribution in [-0.4, -0.2) is 31.8 Å². The van der Waals surface area contributed by atoms with Crippen LogP contribution in [0.3, 0.4) is 0 Å². The summed E-state index contributed by atoms with van der Waals surface area (Å²) in [6.45, 7) is 0. The van der Waals surface area contributed by atoms with Crippen LogP contribution in [0.1, 0.15) is 20.7 Å². The number of hydrogen-bond donors (Lipinski definition) is 2. The minimum atomic E-state index is -0.713. The Morgan fingerprint density at radius 1 is 0.808 bits per heavy atom. The standard InChI is InChI=1S/C14H6Cl4N6O2/c15-9-6(4-19-14(18)22-9)13(26)24-23-12(25)5-1-2-7-8(3-5)21-11(17)10(16)20-7/h1-4H,(H,23,25)(H,24,26). The van der Waals surface area contributed by atoms with Crippen LogP contribution in [0.2, 0.25) is 20.7 Å². The molecule has 0 aliphatic heterocycles. The first-order valence-corrected chi connectivity index (χ1v) is 8.28. The van der Waals surface area contributed by atoms with Crippen LogP contribution in [0.25, 0.3) is 11.0 Å². The maximum absolute atomic E-state index is 12.2. The molecule has 12 heteroatoms. The number of halogens is 4. The van der Waals surface area contributed by atoms with Gasteiger partial charge >= 0.3 is 0 Å². The van der Waals surface area contributed by atoms with Crippen LogP contribution in [0.4, 0.5) is 0 Å². The molecule has 0 atom stereocenters. The lowest BCUT2D eigenvalue weighted by Crippen LogP contribution is -2.41. The van der Waals surface area contributed by atoms with Crippen LogP contribution in [-0.2, 0) is 0 Å². The summed E-state index contributed by atoms with van der Waals surface area (Å²) in [7, 11) is 0. The lowest BCUT2D eigenvalue weighted by Gasteiger charge is -2.08. The Morgan fingerprint density at radius 2 is 1.46 bits per heavy atom. The summed E-state index contributed by atoms with van der Waals surface area (Å²) in [5.41, 5.74) is 5.42. The van der Waals surface area contributed by atoms with Crippen molar-refractivity contribution in [3.8, 4) is 0 Å². The number of hydrogen-bond acceptors (Lipinski definition) is 6. The molecule has 3 rings (SSSR count).